The van der Waals surface area contributed by atoms with E-state index >= 15 is 0 Å². The van der Waals surface area contributed by atoms with E-state index in [0.717, 1.165) is 15.7 Å². The molecule has 1 N–H and O–H groups in total. The standard InChI is InChI=1S/C13H14BrNO2/c1-3-7-15(8-6-13(16)17)11-5-4-10(2)12(14)9-11/h1,4-5,9H,6-8H2,2H3,(H,16,17). The number of nitrogens with zero attached hydrogens (tertiary/aromatic N) is 1. The summed E-state index contributed by atoms with van der Waals surface area (Å²) in [6, 6.07) is 5.87. The summed E-state index contributed by atoms with van der Waals surface area (Å²) in [6.07, 6.45) is 5.37. The number of carbonyl (C=O) groups is 1. The smallest absolute Gasteiger partial charge is 0.305 e. The average molecular weight is 296 g/mol. The van der Waals surface area contributed by atoms with Crippen molar-refractivity contribution in [3.8, 4) is 12.3 Å². The molecular weight excluding hydrogens is 282 g/mol. The SMILES string of the molecule is C#CCN(CCC(=O)O)c1ccc(C)c(Br)c1. The van der Waals surface area contributed by atoms with Crippen molar-refractivity contribution in [2.75, 3.05) is 18.0 Å². The Morgan fingerprint density at radius 2 is 2.29 bits per heavy atom. The molecule has 90 valence electrons. The van der Waals surface area contributed by atoms with Crippen LogP contribution in [0.1, 0.15) is 12.0 Å². The first-order chi connectivity index (χ1) is 8.04. The molecule has 0 heterocycles. The van der Waals surface area contributed by atoms with E-state index in [1.807, 2.05) is 30.0 Å². The number of carboxylic acid groups (broad SMARTS) is 1. The number of aryl methyl sites for hydroxylation is 1. The minimum Gasteiger partial charge on any atom is -0.481 e. The van der Waals surface area contributed by atoms with Gasteiger partial charge in [-0.1, -0.05) is 27.9 Å². The van der Waals surface area contributed by atoms with Gasteiger partial charge >= 0.3 is 5.97 Å². The molecule has 0 unspecified atom stereocenters. The number of benzene rings is 1. The highest BCUT2D eigenvalue weighted by atomic mass is 79.9. The molecule has 17 heavy (non-hydrogen) atoms. The number of aliphatic carboxylic acids is 1. The highest BCUT2D eigenvalue weighted by Gasteiger charge is 2.08. The molecule has 0 fully saturated rings. The molecule has 1 aromatic carbocycles. The fraction of sp³-hybridized carbons (Fsp3) is 0.308. The molecule has 0 radical (unpaired) electrons. The molecule has 0 aliphatic carbocycles. The second-order valence-corrected chi connectivity index (χ2v) is 4.56. The van der Waals surface area contributed by atoms with Crippen molar-refractivity contribution in [3.05, 3.63) is 28.2 Å². The summed E-state index contributed by atoms with van der Waals surface area (Å²) >= 11 is 3.45. The van der Waals surface area contributed by atoms with Crippen LogP contribution in [0.3, 0.4) is 0 Å². The summed E-state index contributed by atoms with van der Waals surface area (Å²) in [5.41, 5.74) is 2.06. The van der Waals surface area contributed by atoms with Crippen LogP contribution in [0.25, 0.3) is 0 Å². The summed E-state index contributed by atoms with van der Waals surface area (Å²) in [7, 11) is 0. The van der Waals surface area contributed by atoms with Crippen molar-refractivity contribution < 1.29 is 9.90 Å². The van der Waals surface area contributed by atoms with Crippen molar-refractivity contribution in [1.29, 1.82) is 0 Å². The number of carboxylic acids is 1. The molecule has 0 saturated carbocycles. The molecule has 0 bridgehead atoms. The molecular formula is C13H14BrNO2. The lowest BCUT2D eigenvalue weighted by atomic mass is 10.2. The summed E-state index contributed by atoms with van der Waals surface area (Å²) < 4.78 is 0.993. The predicted molar refractivity (Wildman–Crippen MR) is 72.2 cm³/mol. The topological polar surface area (TPSA) is 40.5 Å². The van der Waals surface area contributed by atoms with Crippen molar-refractivity contribution in [2.45, 2.75) is 13.3 Å². The molecule has 1 aromatic rings. The maximum atomic E-state index is 10.6. The van der Waals surface area contributed by atoms with Crippen LogP contribution < -0.4 is 4.90 Å². The van der Waals surface area contributed by atoms with Gasteiger partial charge in [0.2, 0.25) is 0 Å². The molecule has 4 heteroatoms. The van der Waals surface area contributed by atoms with Crippen molar-refractivity contribution in [1.82, 2.24) is 0 Å². The van der Waals surface area contributed by atoms with Crippen LogP contribution in [-0.4, -0.2) is 24.2 Å². The zero-order valence-corrected chi connectivity index (χ0v) is 11.2. The van der Waals surface area contributed by atoms with Gasteiger partial charge in [-0.2, -0.15) is 0 Å². The number of rotatable bonds is 5. The molecule has 0 atom stereocenters. The summed E-state index contributed by atoms with van der Waals surface area (Å²) in [5, 5.41) is 8.69. The highest BCUT2D eigenvalue weighted by molar-refractivity contribution is 9.10. The monoisotopic (exact) mass is 295 g/mol. The Morgan fingerprint density at radius 1 is 1.59 bits per heavy atom. The lowest BCUT2D eigenvalue weighted by Gasteiger charge is -2.22. The first-order valence-corrected chi connectivity index (χ1v) is 6.00. The number of hydrogen-bond acceptors (Lipinski definition) is 2. The Balaban J connectivity index is 2.85. The van der Waals surface area contributed by atoms with Crippen LogP contribution in [0.15, 0.2) is 22.7 Å². The van der Waals surface area contributed by atoms with Gasteiger partial charge in [0, 0.05) is 16.7 Å². The van der Waals surface area contributed by atoms with Crippen molar-refractivity contribution in [3.63, 3.8) is 0 Å². The quantitative estimate of drug-likeness (QED) is 0.849. The molecule has 0 aliphatic heterocycles. The summed E-state index contributed by atoms with van der Waals surface area (Å²) in [5.74, 6) is 1.72. The maximum absolute atomic E-state index is 10.6. The van der Waals surface area contributed by atoms with Gasteiger partial charge in [-0.15, -0.1) is 6.42 Å². The van der Waals surface area contributed by atoms with E-state index in [1.54, 1.807) is 0 Å². The van der Waals surface area contributed by atoms with Crippen LogP contribution in [0, 0.1) is 19.3 Å². The number of anilines is 1. The third-order valence-electron chi connectivity index (χ3n) is 2.40. The van der Waals surface area contributed by atoms with Crippen LogP contribution in [0.5, 0.6) is 0 Å². The number of hydrogen-bond donors (Lipinski definition) is 1. The Bertz CT molecular complexity index is 451. The second kappa shape index (κ2) is 6.31. The average Bonchev–Trinajstić information content (AvgIpc) is 2.28. The van der Waals surface area contributed by atoms with E-state index in [2.05, 4.69) is 21.9 Å². The van der Waals surface area contributed by atoms with Gasteiger partial charge in [0.15, 0.2) is 0 Å². The van der Waals surface area contributed by atoms with Crippen molar-refractivity contribution >= 4 is 27.6 Å². The third kappa shape index (κ3) is 4.12. The van der Waals surface area contributed by atoms with E-state index in [-0.39, 0.29) is 6.42 Å². The van der Waals surface area contributed by atoms with Crippen molar-refractivity contribution in [2.24, 2.45) is 0 Å². The van der Waals surface area contributed by atoms with Gasteiger partial charge in [0.05, 0.1) is 13.0 Å². The predicted octanol–water partition coefficient (Wildman–Crippen LogP) is 2.67. The van der Waals surface area contributed by atoms with E-state index in [9.17, 15) is 4.79 Å². The molecule has 0 saturated heterocycles. The van der Waals surface area contributed by atoms with E-state index in [0.29, 0.717) is 13.1 Å². The number of terminal acetylenes is 1. The Morgan fingerprint density at radius 3 is 2.82 bits per heavy atom. The van der Waals surface area contributed by atoms with E-state index < -0.39 is 5.97 Å². The van der Waals surface area contributed by atoms with Gasteiger partial charge in [0.1, 0.15) is 0 Å². The third-order valence-corrected chi connectivity index (χ3v) is 3.25. The normalized spacial score (nSPS) is 9.71. The second-order valence-electron chi connectivity index (χ2n) is 3.70. The van der Waals surface area contributed by atoms with Crippen LogP contribution in [-0.2, 0) is 4.79 Å². The minimum absolute atomic E-state index is 0.0766. The lowest BCUT2D eigenvalue weighted by molar-refractivity contribution is -0.136. The van der Waals surface area contributed by atoms with Gasteiger partial charge in [-0.05, 0) is 24.6 Å². The fourth-order valence-electron chi connectivity index (χ4n) is 1.42. The molecule has 0 aliphatic rings. The lowest BCUT2D eigenvalue weighted by Crippen LogP contribution is -2.26. The zero-order valence-electron chi connectivity index (χ0n) is 9.61. The highest BCUT2D eigenvalue weighted by Crippen LogP contribution is 2.23. The van der Waals surface area contributed by atoms with Crippen LogP contribution in [0.2, 0.25) is 0 Å². The van der Waals surface area contributed by atoms with Crippen LogP contribution >= 0.6 is 15.9 Å². The zero-order chi connectivity index (χ0) is 12.8. The fourth-order valence-corrected chi connectivity index (χ4v) is 1.79. The maximum Gasteiger partial charge on any atom is 0.305 e. The van der Waals surface area contributed by atoms with E-state index in [4.69, 9.17) is 11.5 Å². The van der Waals surface area contributed by atoms with E-state index in [1.165, 1.54) is 0 Å². The molecule has 3 nitrogen and oxygen atoms in total. The van der Waals surface area contributed by atoms with Gasteiger partial charge in [-0.3, -0.25) is 4.79 Å². The Hall–Kier alpha value is -1.47. The molecule has 0 spiro atoms. The first kappa shape index (κ1) is 13.6. The van der Waals surface area contributed by atoms with Crippen LogP contribution in [0.4, 0.5) is 5.69 Å². The molecule has 1 rings (SSSR count). The Labute approximate surface area is 110 Å². The Kier molecular flexibility index (Phi) is 5.05. The molecule has 0 amide bonds. The van der Waals surface area contributed by atoms with Gasteiger partial charge in [0.25, 0.3) is 0 Å². The first-order valence-electron chi connectivity index (χ1n) is 5.21. The summed E-state index contributed by atoms with van der Waals surface area (Å²) in [6.45, 7) is 2.81. The van der Waals surface area contributed by atoms with Gasteiger partial charge < -0.3 is 10.0 Å². The summed E-state index contributed by atoms with van der Waals surface area (Å²) in [4.78, 5) is 12.4. The van der Waals surface area contributed by atoms with Gasteiger partial charge in [-0.25, -0.2) is 0 Å². The molecule has 0 aromatic heterocycles. The largest absolute Gasteiger partial charge is 0.481 e. The minimum atomic E-state index is -0.821. The number of halogens is 1.